The predicted octanol–water partition coefficient (Wildman–Crippen LogP) is 1.89. The van der Waals surface area contributed by atoms with E-state index in [2.05, 4.69) is 5.32 Å². The van der Waals surface area contributed by atoms with Crippen molar-refractivity contribution in [1.29, 1.82) is 0 Å². The number of carbonyl (C=O) groups excluding carboxylic acids is 1. The van der Waals surface area contributed by atoms with Gasteiger partial charge in [-0.25, -0.2) is 4.39 Å². The summed E-state index contributed by atoms with van der Waals surface area (Å²) < 4.78 is 19.0. The Morgan fingerprint density at radius 1 is 1.58 bits per heavy atom. The largest absolute Gasteiger partial charge is 0.487 e. The zero-order valence-corrected chi connectivity index (χ0v) is 11.4. The van der Waals surface area contributed by atoms with Crippen LogP contribution in [0.4, 0.5) is 4.39 Å². The Labute approximate surface area is 112 Å². The molecule has 1 unspecified atom stereocenters. The zero-order chi connectivity index (χ0) is 14.2. The molecule has 104 valence electrons. The van der Waals surface area contributed by atoms with Crippen LogP contribution >= 0.6 is 0 Å². The Hall–Kier alpha value is -1.62. The first kappa shape index (κ1) is 13.8. The van der Waals surface area contributed by atoms with Crippen LogP contribution in [-0.2, 0) is 4.79 Å². The monoisotopic (exact) mass is 266 g/mol. The van der Waals surface area contributed by atoms with Gasteiger partial charge >= 0.3 is 0 Å². The molecule has 0 saturated carbocycles. The maximum Gasteiger partial charge on any atom is 0.237 e. The number of amides is 1. The lowest BCUT2D eigenvalue weighted by Gasteiger charge is -2.38. The molecule has 2 rings (SSSR count). The average molecular weight is 266 g/mol. The van der Waals surface area contributed by atoms with Crippen molar-refractivity contribution in [3.05, 3.63) is 29.6 Å². The fraction of sp³-hybridized carbons (Fsp3) is 0.500. The smallest absolute Gasteiger partial charge is 0.237 e. The van der Waals surface area contributed by atoms with Gasteiger partial charge in [-0.05, 0) is 26.8 Å². The number of nitrogens with one attached hydrogen (secondary N) is 1. The van der Waals surface area contributed by atoms with Crippen molar-refractivity contribution in [2.24, 2.45) is 5.73 Å². The molecule has 0 aliphatic carbocycles. The third-order valence-electron chi connectivity index (χ3n) is 3.16. The van der Waals surface area contributed by atoms with E-state index in [9.17, 15) is 9.18 Å². The SMILES string of the molecule is C[C@@H](N)C(=O)NC1CC(C)(C)Oc2cc(F)ccc21. The maximum absolute atomic E-state index is 13.3. The van der Waals surface area contributed by atoms with Crippen LogP contribution in [0.25, 0.3) is 0 Å². The molecule has 19 heavy (non-hydrogen) atoms. The maximum atomic E-state index is 13.3. The van der Waals surface area contributed by atoms with Crippen LogP contribution in [0.15, 0.2) is 18.2 Å². The van der Waals surface area contributed by atoms with E-state index >= 15 is 0 Å². The molecule has 0 radical (unpaired) electrons. The summed E-state index contributed by atoms with van der Waals surface area (Å²) in [5.74, 6) is -0.0991. The fourth-order valence-corrected chi connectivity index (χ4v) is 2.26. The van der Waals surface area contributed by atoms with Crippen LogP contribution in [0.2, 0.25) is 0 Å². The molecule has 1 aliphatic heterocycles. The highest BCUT2D eigenvalue weighted by Gasteiger charge is 2.35. The Morgan fingerprint density at radius 3 is 2.89 bits per heavy atom. The number of ether oxygens (including phenoxy) is 1. The van der Waals surface area contributed by atoms with Gasteiger partial charge in [0.2, 0.25) is 5.91 Å². The molecule has 1 amide bonds. The second kappa shape index (κ2) is 4.81. The minimum Gasteiger partial charge on any atom is -0.487 e. The van der Waals surface area contributed by atoms with Gasteiger partial charge in [0.1, 0.15) is 17.2 Å². The van der Waals surface area contributed by atoms with Gasteiger partial charge in [0.25, 0.3) is 0 Å². The number of nitrogens with two attached hydrogens (primary N) is 1. The lowest BCUT2D eigenvalue weighted by atomic mass is 9.89. The summed E-state index contributed by atoms with van der Waals surface area (Å²) in [7, 11) is 0. The lowest BCUT2D eigenvalue weighted by molar-refractivity contribution is -0.123. The van der Waals surface area contributed by atoms with Crippen LogP contribution in [-0.4, -0.2) is 17.6 Å². The zero-order valence-electron chi connectivity index (χ0n) is 11.4. The predicted molar refractivity (Wildman–Crippen MR) is 70.3 cm³/mol. The van der Waals surface area contributed by atoms with Gasteiger partial charge in [0.05, 0.1) is 12.1 Å². The highest BCUT2D eigenvalue weighted by atomic mass is 19.1. The number of benzene rings is 1. The summed E-state index contributed by atoms with van der Waals surface area (Å²) in [6.45, 7) is 5.45. The fourth-order valence-electron chi connectivity index (χ4n) is 2.26. The van der Waals surface area contributed by atoms with Crippen LogP contribution in [0, 0.1) is 5.82 Å². The highest BCUT2D eigenvalue weighted by Crippen LogP contribution is 2.39. The molecule has 0 bridgehead atoms. The van der Waals surface area contributed by atoms with Gasteiger partial charge in [-0.15, -0.1) is 0 Å². The van der Waals surface area contributed by atoms with E-state index in [0.29, 0.717) is 12.2 Å². The molecular formula is C14H19FN2O2. The first-order valence-corrected chi connectivity index (χ1v) is 6.33. The van der Waals surface area contributed by atoms with Crippen molar-refractivity contribution < 1.29 is 13.9 Å². The third-order valence-corrected chi connectivity index (χ3v) is 3.16. The van der Waals surface area contributed by atoms with Crippen molar-refractivity contribution in [3.63, 3.8) is 0 Å². The Bertz CT molecular complexity index is 500. The molecule has 1 aliphatic rings. The van der Waals surface area contributed by atoms with Crippen molar-refractivity contribution in [2.75, 3.05) is 0 Å². The molecule has 4 nitrogen and oxygen atoms in total. The molecule has 0 spiro atoms. The molecular weight excluding hydrogens is 247 g/mol. The lowest BCUT2D eigenvalue weighted by Crippen LogP contribution is -2.45. The van der Waals surface area contributed by atoms with E-state index in [1.54, 1.807) is 13.0 Å². The molecule has 0 fully saturated rings. The van der Waals surface area contributed by atoms with Crippen LogP contribution in [0.5, 0.6) is 5.75 Å². The van der Waals surface area contributed by atoms with Crippen LogP contribution in [0.3, 0.4) is 0 Å². The Kier molecular flexibility index (Phi) is 3.49. The molecule has 5 heteroatoms. The van der Waals surface area contributed by atoms with E-state index < -0.39 is 11.6 Å². The Morgan fingerprint density at radius 2 is 2.26 bits per heavy atom. The molecule has 1 aromatic rings. The van der Waals surface area contributed by atoms with Crippen molar-refractivity contribution in [3.8, 4) is 5.75 Å². The van der Waals surface area contributed by atoms with E-state index in [4.69, 9.17) is 10.5 Å². The number of fused-ring (bicyclic) bond motifs is 1. The first-order chi connectivity index (χ1) is 8.78. The third kappa shape index (κ3) is 3.04. The number of hydrogen-bond acceptors (Lipinski definition) is 3. The minimum absolute atomic E-state index is 0.210. The molecule has 1 aromatic carbocycles. The summed E-state index contributed by atoms with van der Waals surface area (Å²) in [4.78, 5) is 11.7. The van der Waals surface area contributed by atoms with E-state index in [-0.39, 0.29) is 17.8 Å². The van der Waals surface area contributed by atoms with Gasteiger partial charge in [-0.2, -0.15) is 0 Å². The summed E-state index contributed by atoms with van der Waals surface area (Å²) in [6, 6.07) is 3.58. The van der Waals surface area contributed by atoms with Gasteiger partial charge in [-0.1, -0.05) is 6.07 Å². The topological polar surface area (TPSA) is 64.4 Å². The van der Waals surface area contributed by atoms with Gasteiger partial charge in [0.15, 0.2) is 0 Å². The number of rotatable bonds is 2. The van der Waals surface area contributed by atoms with Gasteiger partial charge in [-0.3, -0.25) is 4.79 Å². The van der Waals surface area contributed by atoms with Gasteiger partial charge < -0.3 is 15.8 Å². The van der Waals surface area contributed by atoms with Crippen molar-refractivity contribution >= 4 is 5.91 Å². The summed E-state index contributed by atoms with van der Waals surface area (Å²) >= 11 is 0. The highest BCUT2D eigenvalue weighted by molar-refractivity contribution is 5.81. The van der Waals surface area contributed by atoms with Crippen molar-refractivity contribution in [2.45, 2.75) is 44.9 Å². The quantitative estimate of drug-likeness (QED) is 0.859. The normalized spacial score (nSPS) is 22.1. The van der Waals surface area contributed by atoms with Crippen molar-refractivity contribution in [1.82, 2.24) is 5.32 Å². The number of hydrogen-bond donors (Lipinski definition) is 2. The first-order valence-electron chi connectivity index (χ1n) is 6.33. The summed E-state index contributed by atoms with van der Waals surface area (Å²) in [6.07, 6.45) is 0.615. The standard InChI is InChI=1S/C14H19FN2O2/c1-8(16)13(18)17-11-7-14(2,3)19-12-6-9(15)4-5-10(11)12/h4-6,8,11H,7,16H2,1-3H3,(H,17,18)/t8-,11?/m1/s1. The molecule has 3 N–H and O–H groups in total. The van der Waals surface area contributed by atoms with E-state index in [1.807, 2.05) is 13.8 Å². The summed E-state index contributed by atoms with van der Waals surface area (Å²) in [5, 5.41) is 2.88. The average Bonchev–Trinajstić information content (AvgIpc) is 2.26. The molecule has 1 heterocycles. The number of carbonyl (C=O) groups is 1. The van der Waals surface area contributed by atoms with E-state index in [0.717, 1.165) is 5.56 Å². The molecule has 0 saturated heterocycles. The number of halogens is 1. The minimum atomic E-state index is -0.574. The van der Waals surface area contributed by atoms with Crippen LogP contribution < -0.4 is 15.8 Å². The summed E-state index contributed by atoms with van der Waals surface area (Å²) in [5.41, 5.74) is 5.89. The van der Waals surface area contributed by atoms with Crippen LogP contribution in [0.1, 0.15) is 38.8 Å². The Balaban J connectivity index is 2.32. The second-order valence-corrected chi connectivity index (χ2v) is 5.60. The molecule has 0 aromatic heterocycles. The second-order valence-electron chi connectivity index (χ2n) is 5.60. The molecule has 2 atom stereocenters. The van der Waals surface area contributed by atoms with E-state index in [1.165, 1.54) is 12.1 Å². The van der Waals surface area contributed by atoms with Gasteiger partial charge in [0, 0.05) is 18.1 Å².